The van der Waals surface area contributed by atoms with Crippen molar-refractivity contribution in [1.29, 1.82) is 0 Å². The molecule has 1 fully saturated rings. The second-order valence-corrected chi connectivity index (χ2v) is 5.71. The smallest absolute Gasteiger partial charge is 0.206 e. The summed E-state index contributed by atoms with van der Waals surface area (Å²) in [4.78, 5) is 0. The highest BCUT2D eigenvalue weighted by molar-refractivity contribution is 9.11. The fourth-order valence-corrected chi connectivity index (χ4v) is 2.54. The number of hydrogen-bond donors (Lipinski definition) is 1. The number of halogens is 1. The number of methoxy groups -OCH3 is 1. The Kier molecular flexibility index (Phi) is 3.04. The average Bonchev–Trinajstić information content (AvgIpc) is 2.50. The van der Waals surface area contributed by atoms with Crippen molar-refractivity contribution in [3.05, 3.63) is 3.92 Å². The molecule has 1 aliphatic rings. The van der Waals surface area contributed by atoms with Gasteiger partial charge in [0.1, 0.15) is 0 Å². The molecule has 0 saturated heterocycles. The lowest BCUT2D eigenvalue weighted by Crippen LogP contribution is -2.45. The van der Waals surface area contributed by atoms with Crippen LogP contribution in [0.3, 0.4) is 0 Å². The Morgan fingerprint density at radius 1 is 1.57 bits per heavy atom. The van der Waals surface area contributed by atoms with Crippen LogP contribution in [0.1, 0.15) is 19.3 Å². The van der Waals surface area contributed by atoms with Gasteiger partial charge in [0.15, 0.2) is 3.92 Å². The van der Waals surface area contributed by atoms with Crippen LogP contribution in [0.2, 0.25) is 0 Å². The minimum atomic E-state index is 0.0398. The quantitative estimate of drug-likeness (QED) is 0.918. The lowest BCUT2D eigenvalue weighted by atomic mass is 9.80. The molecule has 1 aromatic rings. The Balaban J connectivity index is 1.87. The summed E-state index contributed by atoms with van der Waals surface area (Å²) < 4.78 is 6.29. The molecule has 0 bridgehead atoms. The van der Waals surface area contributed by atoms with E-state index in [9.17, 15) is 0 Å². The number of hydrogen-bond acceptors (Lipinski definition) is 5. The Bertz CT molecular complexity index is 308. The van der Waals surface area contributed by atoms with Crippen LogP contribution in [0.25, 0.3) is 0 Å². The first kappa shape index (κ1) is 10.3. The normalized spacial score (nSPS) is 19.0. The number of nitrogens with zero attached hydrogens (tertiary/aromatic N) is 2. The monoisotopic (exact) mass is 277 g/mol. The van der Waals surface area contributed by atoms with Gasteiger partial charge in [-0.25, -0.2) is 0 Å². The number of aromatic nitrogens is 2. The lowest BCUT2D eigenvalue weighted by Gasteiger charge is -2.40. The van der Waals surface area contributed by atoms with Gasteiger partial charge in [-0.2, -0.15) is 0 Å². The van der Waals surface area contributed by atoms with E-state index in [0.717, 1.165) is 28.4 Å². The Morgan fingerprint density at radius 3 is 2.79 bits per heavy atom. The van der Waals surface area contributed by atoms with Gasteiger partial charge in [-0.15, -0.1) is 10.2 Å². The first-order valence-corrected chi connectivity index (χ1v) is 6.13. The van der Waals surface area contributed by atoms with Crippen LogP contribution < -0.4 is 5.32 Å². The van der Waals surface area contributed by atoms with Crippen LogP contribution in [-0.2, 0) is 4.74 Å². The van der Waals surface area contributed by atoms with Crippen molar-refractivity contribution in [3.8, 4) is 0 Å². The molecule has 1 aliphatic carbocycles. The van der Waals surface area contributed by atoms with E-state index >= 15 is 0 Å². The topological polar surface area (TPSA) is 47.0 Å². The summed E-state index contributed by atoms with van der Waals surface area (Å²) in [6.07, 6.45) is 3.53. The van der Waals surface area contributed by atoms with Gasteiger partial charge in [-0.1, -0.05) is 11.3 Å². The zero-order chi connectivity index (χ0) is 10.0. The second kappa shape index (κ2) is 4.12. The Morgan fingerprint density at radius 2 is 2.36 bits per heavy atom. The molecule has 1 heterocycles. The molecule has 2 rings (SSSR count). The molecule has 0 radical (unpaired) electrons. The van der Waals surface area contributed by atoms with Crippen molar-refractivity contribution in [1.82, 2.24) is 10.2 Å². The van der Waals surface area contributed by atoms with Crippen LogP contribution >= 0.6 is 27.3 Å². The van der Waals surface area contributed by atoms with E-state index in [1.807, 2.05) is 0 Å². The molecule has 0 atom stereocenters. The van der Waals surface area contributed by atoms with Gasteiger partial charge < -0.3 is 10.1 Å². The third-order valence-electron chi connectivity index (χ3n) is 2.66. The summed E-state index contributed by atoms with van der Waals surface area (Å²) in [5.74, 6) is 0. The van der Waals surface area contributed by atoms with E-state index in [1.54, 1.807) is 7.11 Å². The van der Waals surface area contributed by atoms with E-state index in [0.29, 0.717) is 0 Å². The molecule has 0 unspecified atom stereocenters. The van der Waals surface area contributed by atoms with Crippen molar-refractivity contribution in [2.45, 2.75) is 24.9 Å². The highest BCUT2D eigenvalue weighted by atomic mass is 79.9. The van der Waals surface area contributed by atoms with E-state index in [4.69, 9.17) is 4.74 Å². The molecular formula is C8H12BrN3OS. The third kappa shape index (κ3) is 2.07. The minimum Gasteiger partial charge on any atom is -0.376 e. The summed E-state index contributed by atoms with van der Waals surface area (Å²) in [5.41, 5.74) is 0.0398. The largest absolute Gasteiger partial charge is 0.376 e. The zero-order valence-electron chi connectivity index (χ0n) is 7.92. The van der Waals surface area contributed by atoms with Crippen LogP contribution in [0, 0.1) is 0 Å². The molecule has 4 nitrogen and oxygen atoms in total. The van der Waals surface area contributed by atoms with E-state index in [1.165, 1.54) is 17.8 Å². The number of anilines is 1. The lowest BCUT2D eigenvalue weighted by molar-refractivity contribution is -0.0601. The van der Waals surface area contributed by atoms with Crippen molar-refractivity contribution in [2.75, 3.05) is 19.0 Å². The Labute approximate surface area is 95.2 Å². The summed E-state index contributed by atoms with van der Waals surface area (Å²) in [5, 5.41) is 11.9. The van der Waals surface area contributed by atoms with Gasteiger partial charge in [-0.3, -0.25) is 0 Å². The van der Waals surface area contributed by atoms with Crippen LogP contribution in [-0.4, -0.2) is 29.5 Å². The van der Waals surface area contributed by atoms with Crippen LogP contribution in [0.15, 0.2) is 3.92 Å². The first-order valence-electron chi connectivity index (χ1n) is 4.52. The summed E-state index contributed by atoms with van der Waals surface area (Å²) in [7, 11) is 1.77. The first-order chi connectivity index (χ1) is 6.74. The van der Waals surface area contributed by atoms with Crippen LogP contribution in [0.4, 0.5) is 5.13 Å². The SMILES string of the molecule is COC1(CNc2nnc(Br)s2)CCC1. The second-order valence-electron chi connectivity index (χ2n) is 3.45. The van der Waals surface area contributed by atoms with Crippen molar-refractivity contribution >= 4 is 32.4 Å². The van der Waals surface area contributed by atoms with Gasteiger partial charge >= 0.3 is 0 Å². The fraction of sp³-hybridized carbons (Fsp3) is 0.750. The van der Waals surface area contributed by atoms with Crippen LogP contribution in [0.5, 0.6) is 0 Å². The molecule has 0 spiro atoms. The molecule has 1 N–H and O–H groups in total. The van der Waals surface area contributed by atoms with Crippen molar-refractivity contribution in [2.24, 2.45) is 0 Å². The van der Waals surface area contributed by atoms with Gasteiger partial charge in [0, 0.05) is 13.7 Å². The highest BCUT2D eigenvalue weighted by Crippen LogP contribution is 2.35. The molecule has 14 heavy (non-hydrogen) atoms. The molecule has 1 saturated carbocycles. The predicted octanol–water partition coefficient (Wildman–Crippen LogP) is 2.28. The summed E-state index contributed by atoms with van der Waals surface area (Å²) in [6.45, 7) is 0.825. The van der Waals surface area contributed by atoms with Crippen molar-refractivity contribution in [3.63, 3.8) is 0 Å². The number of nitrogens with one attached hydrogen (secondary N) is 1. The average molecular weight is 278 g/mol. The summed E-state index contributed by atoms with van der Waals surface area (Å²) >= 11 is 4.78. The number of ether oxygens (including phenoxy) is 1. The number of rotatable bonds is 4. The van der Waals surface area contributed by atoms with Gasteiger partial charge in [0.25, 0.3) is 0 Å². The van der Waals surface area contributed by atoms with E-state index < -0.39 is 0 Å². The van der Waals surface area contributed by atoms with Gasteiger partial charge in [0.05, 0.1) is 5.60 Å². The summed E-state index contributed by atoms with van der Waals surface area (Å²) in [6, 6.07) is 0. The Hall–Kier alpha value is -0.200. The molecule has 0 amide bonds. The van der Waals surface area contributed by atoms with Gasteiger partial charge in [-0.05, 0) is 35.2 Å². The minimum absolute atomic E-state index is 0.0398. The zero-order valence-corrected chi connectivity index (χ0v) is 10.3. The highest BCUT2D eigenvalue weighted by Gasteiger charge is 2.36. The molecule has 0 aliphatic heterocycles. The standard InChI is InChI=1S/C8H12BrN3OS/c1-13-8(3-2-4-8)5-10-7-12-11-6(9)14-7/h2-5H2,1H3,(H,10,12). The predicted molar refractivity (Wildman–Crippen MR) is 59.7 cm³/mol. The molecule has 0 aromatic carbocycles. The molecule has 6 heteroatoms. The molecular weight excluding hydrogens is 266 g/mol. The van der Waals surface area contributed by atoms with E-state index in [-0.39, 0.29) is 5.60 Å². The van der Waals surface area contributed by atoms with Crippen molar-refractivity contribution < 1.29 is 4.74 Å². The molecule has 78 valence electrons. The molecule has 1 aromatic heterocycles. The maximum Gasteiger partial charge on any atom is 0.206 e. The maximum atomic E-state index is 5.48. The van der Waals surface area contributed by atoms with E-state index in [2.05, 4.69) is 31.4 Å². The fourth-order valence-electron chi connectivity index (χ4n) is 1.54. The maximum absolute atomic E-state index is 5.48. The third-order valence-corrected chi connectivity index (χ3v) is 3.97. The van der Waals surface area contributed by atoms with Gasteiger partial charge in [0.2, 0.25) is 5.13 Å².